The lowest BCUT2D eigenvalue weighted by Gasteiger charge is -2.27. The second kappa shape index (κ2) is 1.72. The van der Waals surface area contributed by atoms with Crippen LogP contribution in [0.2, 0.25) is 0 Å². The molecule has 3 heteroatoms. The highest BCUT2D eigenvalue weighted by Crippen LogP contribution is 2.46. The van der Waals surface area contributed by atoms with Crippen molar-refractivity contribution >= 4 is 20.1 Å². The average molecular weight is 137 g/mol. The third kappa shape index (κ3) is 0.949. The van der Waals surface area contributed by atoms with Crippen LogP contribution < -0.4 is 0 Å². The van der Waals surface area contributed by atoms with Crippen LogP contribution in [-0.4, -0.2) is 4.62 Å². The van der Waals surface area contributed by atoms with Crippen molar-refractivity contribution in [1.82, 2.24) is 0 Å². The summed E-state index contributed by atoms with van der Waals surface area (Å²) in [5.41, 5.74) is 0. The molecule has 0 unspecified atom stereocenters. The van der Waals surface area contributed by atoms with Crippen molar-refractivity contribution < 1.29 is 4.57 Å². The minimum Gasteiger partial charge on any atom is -0.273 e. The standard InChI is InChI=1S/C4H6ClOP/c5-4(7-6)2-1-3-4/h1-3H2. The Morgan fingerprint density at radius 1 is 1.57 bits per heavy atom. The molecule has 0 aromatic rings. The maximum Gasteiger partial charge on any atom is 0.178 e. The van der Waals surface area contributed by atoms with Gasteiger partial charge in [0.15, 0.2) is 8.46 Å². The zero-order chi connectivity index (χ0) is 5.33. The molecule has 0 atom stereocenters. The van der Waals surface area contributed by atoms with E-state index in [0.717, 1.165) is 19.3 Å². The molecule has 0 spiro atoms. The van der Waals surface area contributed by atoms with Crippen LogP contribution in [0.5, 0.6) is 0 Å². The summed E-state index contributed by atoms with van der Waals surface area (Å²) in [5.74, 6) is 0. The number of hydrogen-bond donors (Lipinski definition) is 0. The molecule has 1 aliphatic rings. The summed E-state index contributed by atoms with van der Waals surface area (Å²) in [6, 6.07) is 0. The van der Waals surface area contributed by atoms with Crippen molar-refractivity contribution in [1.29, 1.82) is 0 Å². The molecule has 0 aromatic carbocycles. The molecule has 0 bridgehead atoms. The molecule has 40 valence electrons. The van der Waals surface area contributed by atoms with Gasteiger partial charge in [-0.3, -0.25) is 4.57 Å². The number of rotatable bonds is 1. The summed E-state index contributed by atoms with van der Waals surface area (Å²) >= 11 is 5.67. The van der Waals surface area contributed by atoms with Crippen LogP contribution in [-0.2, 0) is 4.57 Å². The first-order valence-electron chi connectivity index (χ1n) is 2.30. The Labute approximate surface area is 49.3 Å². The van der Waals surface area contributed by atoms with E-state index in [-0.39, 0.29) is 13.1 Å². The molecule has 0 saturated heterocycles. The van der Waals surface area contributed by atoms with Gasteiger partial charge in [0, 0.05) is 0 Å². The fraction of sp³-hybridized carbons (Fsp3) is 1.00. The molecule has 1 rings (SSSR count). The summed E-state index contributed by atoms with van der Waals surface area (Å²) in [5, 5.41) is 0. The highest BCUT2D eigenvalue weighted by molar-refractivity contribution is 7.29. The summed E-state index contributed by atoms with van der Waals surface area (Å²) < 4.78 is 9.73. The van der Waals surface area contributed by atoms with E-state index in [2.05, 4.69) is 0 Å². The van der Waals surface area contributed by atoms with Crippen LogP contribution in [0.25, 0.3) is 0 Å². The molecule has 0 heterocycles. The van der Waals surface area contributed by atoms with Crippen LogP contribution >= 0.6 is 20.1 Å². The van der Waals surface area contributed by atoms with Crippen LogP contribution in [0.15, 0.2) is 0 Å². The minimum absolute atomic E-state index is 0.108. The van der Waals surface area contributed by atoms with Gasteiger partial charge in [-0.05, 0) is 19.3 Å². The molecule has 7 heavy (non-hydrogen) atoms. The van der Waals surface area contributed by atoms with Crippen molar-refractivity contribution in [2.45, 2.75) is 23.9 Å². The zero-order valence-corrected chi connectivity index (χ0v) is 5.51. The first-order chi connectivity index (χ1) is 3.27. The Morgan fingerprint density at radius 2 is 2.14 bits per heavy atom. The molecular weight excluding hydrogens is 130 g/mol. The molecule has 0 aliphatic heterocycles. The Balaban J connectivity index is 2.43. The fourth-order valence-electron chi connectivity index (χ4n) is 0.560. The van der Waals surface area contributed by atoms with Gasteiger partial charge < -0.3 is 0 Å². The minimum atomic E-state index is -0.347. The first kappa shape index (κ1) is 5.53. The van der Waals surface area contributed by atoms with Gasteiger partial charge in [-0.1, -0.05) is 0 Å². The van der Waals surface area contributed by atoms with E-state index in [1.54, 1.807) is 0 Å². The third-order valence-electron chi connectivity index (χ3n) is 1.28. The summed E-state index contributed by atoms with van der Waals surface area (Å²) in [4.78, 5) is 0. The monoisotopic (exact) mass is 136 g/mol. The Morgan fingerprint density at radius 3 is 2.14 bits per heavy atom. The van der Waals surface area contributed by atoms with Crippen molar-refractivity contribution in [3.63, 3.8) is 0 Å². The van der Waals surface area contributed by atoms with Gasteiger partial charge in [-0.2, -0.15) is 0 Å². The molecule has 1 nitrogen and oxygen atoms in total. The smallest absolute Gasteiger partial charge is 0.178 e. The highest BCUT2D eigenvalue weighted by Gasteiger charge is 2.35. The van der Waals surface area contributed by atoms with Gasteiger partial charge in [0.1, 0.15) is 4.62 Å². The van der Waals surface area contributed by atoms with Crippen molar-refractivity contribution in [3.8, 4) is 0 Å². The average Bonchev–Trinajstić information content (AvgIpc) is 1.61. The number of alkyl halides is 1. The fourth-order valence-corrected chi connectivity index (χ4v) is 1.33. The quantitative estimate of drug-likeness (QED) is 0.400. The molecule has 0 N–H and O–H groups in total. The maximum absolute atomic E-state index is 10.1. The Bertz CT molecular complexity index is 89.7. The molecule has 0 radical (unpaired) electrons. The van der Waals surface area contributed by atoms with Gasteiger partial charge in [0.25, 0.3) is 0 Å². The lowest BCUT2D eigenvalue weighted by Crippen LogP contribution is -2.22. The SMILES string of the molecule is O=PC1(Cl)CCC1. The summed E-state index contributed by atoms with van der Waals surface area (Å²) in [7, 11) is 0.108. The van der Waals surface area contributed by atoms with Gasteiger partial charge in [0.05, 0.1) is 0 Å². The molecule has 1 saturated carbocycles. The molecule has 1 aliphatic carbocycles. The van der Waals surface area contributed by atoms with Gasteiger partial charge >= 0.3 is 0 Å². The third-order valence-corrected chi connectivity index (χ3v) is 2.64. The predicted octanol–water partition coefficient (Wildman–Crippen LogP) is 2.40. The van der Waals surface area contributed by atoms with Crippen molar-refractivity contribution in [2.75, 3.05) is 0 Å². The van der Waals surface area contributed by atoms with Crippen LogP contribution in [0, 0.1) is 0 Å². The van der Waals surface area contributed by atoms with Gasteiger partial charge in [0.2, 0.25) is 0 Å². The van der Waals surface area contributed by atoms with Crippen molar-refractivity contribution in [3.05, 3.63) is 0 Å². The van der Waals surface area contributed by atoms with E-state index >= 15 is 0 Å². The van der Waals surface area contributed by atoms with E-state index in [4.69, 9.17) is 11.6 Å². The lowest BCUT2D eigenvalue weighted by molar-refractivity contribution is 0.454. The largest absolute Gasteiger partial charge is 0.273 e. The Kier molecular flexibility index (Phi) is 1.36. The van der Waals surface area contributed by atoms with Crippen LogP contribution in [0.1, 0.15) is 19.3 Å². The predicted molar refractivity (Wildman–Crippen MR) is 30.0 cm³/mol. The molecule has 1 fully saturated rings. The van der Waals surface area contributed by atoms with Gasteiger partial charge in [-0.25, -0.2) is 0 Å². The highest BCUT2D eigenvalue weighted by atomic mass is 35.5. The molecular formula is C4H6ClOP. The lowest BCUT2D eigenvalue weighted by atomic mass is 9.99. The van der Waals surface area contributed by atoms with E-state index in [9.17, 15) is 4.57 Å². The van der Waals surface area contributed by atoms with Crippen LogP contribution in [0.4, 0.5) is 0 Å². The van der Waals surface area contributed by atoms with E-state index < -0.39 is 0 Å². The van der Waals surface area contributed by atoms with Crippen molar-refractivity contribution in [2.24, 2.45) is 0 Å². The normalized spacial score (nSPS) is 27.0. The second-order valence-electron chi connectivity index (χ2n) is 1.86. The zero-order valence-electron chi connectivity index (χ0n) is 3.85. The second-order valence-corrected chi connectivity index (χ2v) is 3.89. The van der Waals surface area contributed by atoms with E-state index in [1.807, 2.05) is 0 Å². The Hall–Kier alpha value is 0.390. The van der Waals surface area contributed by atoms with E-state index in [1.165, 1.54) is 0 Å². The maximum atomic E-state index is 10.1. The molecule has 0 aromatic heterocycles. The molecule has 0 amide bonds. The summed E-state index contributed by atoms with van der Waals surface area (Å²) in [6.45, 7) is 0. The van der Waals surface area contributed by atoms with Crippen LogP contribution in [0.3, 0.4) is 0 Å². The topological polar surface area (TPSA) is 17.1 Å². The number of halogens is 1. The van der Waals surface area contributed by atoms with Gasteiger partial charge in [-0.15, -0.1) is 11.6 Å². The first-order valence-corrected chi connectivity index (χ1v) is 3.49. The number of hydrogen-bond acceptors (Lipinski definition) is 1. The summed E-state index contributed by atoms with van der Waals surface area (Å²) in [6.07, 6.45) is 2.97. The van der Waals surface area contributed by atoms with E-state index in [0.29, 0.717) is 0 Å².